The van der Waals surface area contributed by atoms with Gasteiger partial charge < -0.3 is 9.47 Å². The SMILES string of the molecule is COc1cc(C2SCCS2)ccc1OC(=O)Cc1cccc(C)c1. The van der Waals surface area contributed by atoms with Crippen LogP contribution in [-0.4, -0.2) is 24.6 Å². The minimum atomic E-state index is -0.281. The fourth-order valence-corrected chi connectivity index (χ4v) is 5.45. The molecular formula is C19H20O3S2. The summed E-state index contributed by atoms with van der Waals surface area (Å²) < 4.78 is 11.4. The van der Waals surface area contributed by atoms with E-state index in [0.29, 0.717) is 16.1 Å². The first kappa shape index (κ1) is 17.2. The smallest absolute Gasteiger partial charge is 0.315 e. The molecule has 3 rings (SSSR count). The highest BCUT2D eigenvalue weighted by atomic mass is 32.2. The third-order valence-corrected chi connectivity index (χ3v) is 6.84. The summed E-state index contributed by atoms with van der Waals surface area (Å²) in [7, 11) is 1.60. The highest BCUT2D eigenvalue weighted by Gasteiger charge is 2.20. The van der Waals surface area contributed by atoms with Gasteiger partial charge in [-0.15, -0.1) is 23.5 Å². The van der Waals surface area contributed by atoms with E-state index in [1.54, 1.807) is 7.11 Å². The molecule has 0 atom stereocenters. The van der Waals surface area contributed by atoms with E-state index in [1.165, 1.54) is 17.1 Å². The predicted molar refractivity (Wildman–Crippen MR) is 101 cm³/mol. The minimum Gasteiger partial charge on any atom is -0.493 e. The van der Waals surface area contributed by atoms with Gasteiger partial charge in [0.05, 0.1) is 18.1 Å². The van der Waals surface area contributed by atoms with Crippen molar-refractivity contribution >= 4 is 29.5 Å². The van der Waals surface area contributed by atoms with E-state index in [1.807, 2.05) is 72.9 Å². The normalized spacial score (nSPS) is 14.6. The molecule has 2 aromatic carbocycles. The average molecular weight is 361 g/mol. The zero-order chi connectivity index (χ0) is 16.9. The molecule has 1 saturated heterocycles. The Kier molecular flexibility index (Phi) is 5.74. The minimum absolute atomic E-state index is 0.251. The average Bonchev–Trinajstić information content (AvgIpc) is 3.09. The van der Waals surface area contributed by atoms with Gasteiger partial charge in [-0.1, -0.05) is 35.9 Å². The van der Waals surface area contributed by atoms with Gasteiger partial charge in [0.1, 0.15) is 0 Å². The number of esters is 1. The van der Waals surface area contributed by atoms with Gasteiger partial charge in [-0.05, 0) is 30.2 Å². The van der Waals surface area contributed by atoms with Crippen LogP contribution in [0.15, 0.2) is 42.5 Å². The van der Waals surface area contributed by atoms with Crippen LogP contribution in [0.25, 0.3) is 0 Å². The van der Waals surface area contributed by atoms with Crippen molar-refractivity contribution in [3.63, 3.8) is 0 Å². The van der Waals surface area contributed by atoms with Gasteiger partial charge in [0.25, 0.3) is 0 Å². The van der Waals surface area contributed by atoms with Gasteiger partial charge >= 0.3 is 5.97 Å². The molecule has 3 nitrogen and oxygen atoms in total. The van der Waals surface area contributed by atoms with Crippen molar-refractivity contribution in [3.8, 4) is 11.5 Å². The highest BCUT2D eigenvalue weighted by molar-refractivity contribution is 8.19. The van der Waals surface area contributed by atoms with Crippen LogP contribution < -0.4 is 9.47 Å². The molecule has 126 valence electrons. The van der Waals surface area contributed by atoms with Crippen LogP contribution >= 0.6 is 23.5 Å². The van der Waals surface area contributed by atoms with Gasteiger partial charge in [0.2, 0.25) is 0 Å². The second-order valence-corrected chi connectivity index (χ2v) is 8.35. The van der Waals surface area contributed by atoms with Gasteiger partial charge in [0, 0.05) is 11.5 Å². The second-order valence-electron chi connectivity index (χ2n) is 5.62. The molecule has 1 heterocycles. The Balaban J connectivity index is 1.70. The van der Waals surface area contributed by atoms with Gasteiger partial charge in [-0.2, -0.15) is 0 Å². The van der Waals surface area contributed by atoms with Crippen LogP contribution in [0.5, 0.6) is 11.5 Å². The molecule has 5 heteroatoms. The third-order valence-electron chi connectivity index (χ3n) is 3.74. The number of ether oxygens (including phenoxy) is 2. The first-order valence-corrected chi connectivity index (χ1v) is 9.93. The largest absolute Gasteiger partial charge is 0.493 e. The van der Waals surface area contributed by atoms with E-state index >= 15 is 0 Å². The standard InChI is InChI=1S/C19H20O3S2/c1-13-4-3-5-14(10-13)11-18(20)22-16-7-6-15(12-17(16)21-2)19-23-8-9-24-19/h3-7,10,12,19H,8-9,11H2,1-2H3. The van der Waals surface area contributed by atoms with Gasteiger partial charge in [0.15, 0.2) is 11.5 Å². The zero-order valence-corrected chi connectivity index (χ0v) is 15.4. The molecule has 1 aliphatic rings. The quantitative estimate of drug-likeness (QED) is 0.574. The molecule has 1 aliphatic heterocycles. The fourth-order valence-electron chi connectivity index (χ4n) is 2.61. The van der Waals surface area contributed by atoms with Gasteiger partial charge in [-0.3, -0.25) is 4.79 Å². The third kappa shape index (κ3) is 4.28. The van der Waals surface area contributed by atoms with Crippen molar-refractivity contribution in [2.45, 2.75) is 17.9 Å². The Labute approximate surface area is 151 Å². The summed E-state index contributed by atoms with van der Waals surface area (Å²) in [5.74, 6) is 3.15. The number of methoxy groups -OCH3 is 1. The second kappa shape index (κ2) is 7.99. The first-order valence-electron chi connectivity index (χ1n) is 7.83. The lowest BCUT2D eigenvalue weighted by atomic mass is 10.1. The number of rotatable bonds is 5. The molecule has 0 unspecified atom stereocenters. The lowest BCUT2D eigenvalue weighted by molar-refractivity contribution is -0.133. The lowest BCUT2D eigenvalue weighted by Gasteiger charge is -2.13. The highest BCUT2D eigenvalue weighted by Crippen LogP contribution is 2.46. The Morgan fingerprint density at radius 1 is 1.12 bits per heavy atom. The molecule has 0 spiro atoms. The molecule has 0 saturated carbocycles. The van der Waals surface area contributed by atoms with Crippen LogP contribution in [0.2, 0.25) is 0 Å². The molecule has 0 amide bonds. The number of carbonyl (C=O) groups excluding carboxylic acids is 1. The Bertz CT molecular complexity index is 724. The number of hydrogen-bond donors (Lipinski definition) is 0. The molecule has 0 bridgehead atoms. The van der Waals surface area contributed by atoms with Crippen LogP contribution in [0.4, 0.5) is 0 Å². The van der Waals surface area contributed by atoms with Crippen LogP contribution in [0.1, 0.15) is 21.3 Å². The molecule has 1 fully saturated rings. The predicted octanol–water partition coefficient (Wildman–Crippen LogP) is 4.63. The van der Waals surface area contributed by atoms with Crippen LogP contribution in [-0.2, 0) is 11.2 Å². The van der Waals surface area contributed by atoms with Crippen molar-refractivity contribution in [2.75, 3.05) is 18.6 Å². The van der Waals surface area contributed by atoms with Crippen molar-refractivity contribution < 1.29 is 14.3 Å². The molecule has 2 aromatic rings. The summed E-state index contributed by atoms with van der Waals surface area (Å²) in [5, 5.41) is 0. The number of thioether (sulfide) groups is 2. The molecular weight excluding hydrogens is 340 g/mol. The number of benzene rings is 2. The van der Waals surface area contributed by atoms with E-state index < -0.39 is 0 Å². The number of carbonyl (C=O) groups is 1. The van der Waals surface area contributed by atoms with Crippen molar-refractivity contribution in [3.05, 3.63) is 59.2 Å². The monoisotopic (exact) mass is 360 g/mol. The number of hydrogen-bond acceptors (Lipinski definition) is 5. The summed E-state index contributed by atoms with van der Waals surface area (Å²) in [6.45, 7) is 2.01. The molecule has 0 N–H and O–H groups in total. The molecule has 0 aromatic heterocycles. The maximum absolute atomic E-state index is 12.2. The van der Waals surface area contributed by atoms with Crippen molar-refractivity contribution in [2.24, 2.45) is 0 Å². The molecule has 24 heavy (non-hydrogen) atoms. The van der Waals surface area contributed by atoms with Gasteiger partial charge in [-0.25, -0.2) is 0 Å². The maximum Gasteiger partial charge on any atom is 0.315 e. The van der Waals surface area contributed by atoms with Crippen molar-refractivity contribution in [1.29, 1.82) is 0 Å². The van der Waals surface area contributed by atoms with E-state index in [4.69, 9.17) is 9.47 Å². The van der Waals surface area contributed by atoms with E-state index in [9.17, 15) is 4.79 Å². The summed E-state index contributed by atoms with van der Waals surface area (Å²) in [4.78, 5) is 12.2. The van der Waals surface area contributed by atoms with Crippen molar-refractivity contribution in [1.82, 2.24) is 0 Å². The molecule has 0 radical (unpaired) electrons. The Morgan fingerprint density at radius 3 is 2.62 bits per heavy atom. The summed E-state index contributed by atoms with van der Waals surface area (Å²) >= 11 is 3.87. The zero-order valence-electron chi connectivity index (χ0n) is 13.8. The van der Waals surface area contributed by atoms with E-state index in [-0.39, 0.29) is 12.4 Å². The van der Waals surface area contributed by atoms with Crippen LogP contribution in [0.3, 0.4) is 0 Å². The summed E-state index contributed by atoms with van der Waals surface area (Å²) in [5.41, 5.74) is 3.29. The first-order chi connectivity index (χ1) is 11.7. The Morgan fingerprint density at radius 2 is 1.92 bits per heavy atom. The molecule has 0 aliphatic carbocycles. The Hall–Kier alpha value is -1.59. The maximum atomic E-state index is 12.2. The van der Waals surface area contributed by atoms with Crippen LogP contribution in [0, 0.1) is 6.92 Å². The fraction of sp³-hybridized carbons (Fsp3) is 0.316. The summed E-state index contributed by atoms with van der Waals surface area (Å²) in [6.07, 6.45) is 0.251. The topological polar surface area (TPSA) is 35.5 Å². The lowest BCUT2D eigenvalue weighted by Crippen LogP contribution is -2.12. The summed E-state index contributed by atoms with van der Waals surface area (Å²) in [6, 6.07) is 13.7. The van der Waals surface area contributed by atoms with E-state index in [0.717, 1.165) is 11.1 Å². The van der Waals surface area contributed by atoms with E-state index in [2.05, 4.69) is 0 Å². The number of aryl methyl sites for hydroxylation is 1.